The molecule has 1 aromatic rings. The van der Waals surface area contributed by atoms with E-state index in [1.165, 1.54) is 22.9 Å². The van der Waals surface area contributed by atoms with E-state index in [1.807, 2.05) is 13.8 Å². The van der Waals surface area contributed by atoms with Gasteiger partial charge in [-0.05, 0) is 43.4 Å². The second kappa shape index (κ2) is 15.2. The lowest BCUT2D eigenvalue weighted by atomic mass is 10.1. The van der Waals surface area contributed by atoms with Crippen LogP contribution in [-0.2, 0) is 25.6 Å². The lowest BCUT2D eigenvalue weighted by molar-refractivity contribution is -0.142. The number of hydrogen-bond acceptors (Lipinski definition) is 5. The van der Waals surface area contributed by atoms with Crippen LogP contribution < -0.4 is 10.6 Å². The number of carbonyl (C=O) groups excluding carboxylic acids is 4. The molecule has 9 nitrogen and oxygen atoms in total. The first-order chi connectivity index (χ1) is 17.2. The van der Waals surface area contributed by atoms with Gasteiger partial charge in [-0.2, -0.15) is 0 Å². The Morgan fingerprint density at radius 3 is 2.50 bits per heavy atom. The lowest BCUT2D eigenvalue weighted by Crippen LogP contribution is -2.49. The maximum absolute atomic E-state index is 13.8. The first kappa shape index (κ1) is 29.2. The first-order valence-corrected chi connectivity index (χ1v) is 12.7. The molecule has 1 fully saturated rings. The lowest BCUT2D eigenvalue weighted by Gasteiger charge is -2.29. The van der Waals surface area contributed by atoms with E-state index in [0.717, 1.165) is 13.0 Å². The molecular formula is C26H40FN5O4. The second-order valence-electron chi connectivity index (χ2n) is 9.51. The zero-order valence-corrected chi connectivity index (χ0v) is 21.7. The summed E-state index contributed by atoms with van der Waals surface area (Å²) < 4.78 is 13.8. The van der Waals surface area contributed by atoms with Gasteiger partial charge in [0.25, 0.3) is 0 Å². The van der Waals surface area contributed by atoms with E-state index in [-0.39, 0.29) is 55.0 Å². The molecule has 1 aromatic carbocycles. The van der Waals surface area contributed by atoms with Gasteiger partial charge in [0.2, 0.25) is 23.6 Å². The molecule has 1 heterocycles. The highest BCUT2D eigenvalue weighted by molar-refractivity contribution is 5.88. The predicted octanol–water partition coefficient (Wildman–Crippen LogP) is 1.03. The van der Waals surface area contributed by atoms with Crippen LogP contribution in [0.15, 0.2) is 24.3 Å². The van der Waals surface area contributed by atoms with Crippen molar-refractivity contribution in [1.82, 2.24) is 25.3 Å². The molecule has 0 aromatic heterocycles. The fourth-order valence-electron chi connectivity index (χ4n) is 4.13. The number of amides is 4. The highest BCUT2D eigenvalue weighted by Gasteiger charge is 2.24. The fraction of sp³-hybridized carbons (Fsp3) is 0.615. The van der Waals surface area contributed by atoms with Crippen LogP contribution in [0.3, 0.4) is 0 Å². The summed E-state index contributed by atoms with van der Waals surface area (Å²) in [6.45, 7) is 6.13. The quantitative estimate of drug-likeness (QED) is 0.347. The maximum Gasteiger partial charge on any atom is 0.242 e. The van der Waals surface area contributed by atoms with Crippen LogP contribution in [0.2, 0.25) is 0 Å². The monoisotopic (exact) mass is 505 g/mol. The zero-order chi connectivity index (χ0) is 26.5. The molecule has 0 aliphatic carbocycles. The number of likely N-dealkylation sites (tertiary alicyclic amines) is 1. The Labute approximate surface area is 213 Å². The van der Waals surface area contributed by atoms with Gasteiger partial charge in [0.05, 0.1) is 19.6 Å². The number of likely N-dealkylation sites (N-methyl/N-ethyl adjacent to an activating group) is 1. The van der Waals surface area contributed by atoms with Crippen molar-refractivity contribution in [2.24, 2.45) is 5.92 Å². The minimum atomic E-state index is -0.313. The molecule has 0 unspecified atom stereocenters. The SMILES string of the molecule is CNC(=O)CN(CCCN1CCCC1=O)C(=O)CN(CC(C)C)C(=O)CNCCc1ccccc1F. The van der Waals surface area contributed by atoms with E-state index >= 15 is 0 Å². The Kier molecular flexibility index (Phi) is 12.3. The van der Waals surface area contributed by atoms with Crippen LogP contribution in [0.5, 0.6) is 0 Å². The van der Waals surface area contributed by atoms with Gasteiger partial charge in [0.15, 0.2) is 0 Å². The van der Waals surface area contributed by atoms with Crippen LogP contribution in [0.4, 0.5) is 4.39 Å². The van der Waals surface area contributed by atoms with Crippen LogP contribution in [0, 0.1) is 11.7 Å². The van der Waals surface area contributed by atoms with E-state index in [0.29, 0.717) is 51.0 Å². The number of nitrogens with zero attached hydrogens (tertiary/aromatic N) is 3. The Balaban J connectivity index is 1.91. The highest BCUT2D eigenvalue weighted by atomic mass is 19.1. The summed E-state index contributed by atoms with van der Waals surface area (Å²) in [6.07, 6.45) is 2.41. The van der Waals surface area contributed by atoms with Crippen LogP contribution in [0.25, 0.3) is 0 Å². The van der Waals surface area contributed by atoms with Gasteiger partial charge in [0, 0.05) is 39.6 Å². The molecule has 1 saturated heterocycles. The molecule has 200 valence electrons. The summed E-state index contributed by atoms with van der Waals surface area (Å²) in [5.74, 6) is -0.843. The van der Waals surface area contributed by atoms with Crippen molar-refractivity contribution in [3.05, 3.63) is 35.6 Å². The third-order valence-electron chi connectivity index (χ3n) is 6.06. The topological polar surface area (TPSA) is 102 Å². The number of hydrogen-bond donors (Lipinski definition) is 2. The van der Waals surface area contributed by atoms with E-state index in [4.69, 9.17) is 0 Å². The largest absolute Gasteiger partial charge is 0.358 e. The molecule has 0 spiro atoms. The van der Waals surface area contributed by atoms with Crippen molar-refractivity contribution in [2.45, 2.75) is 39.5 Å². The summed E-state index contributed by atoms with van der Waals surface area (Å²) in [5, 5.41) is 5.58. The van der Waals surface area contributed by atoms with Gasteiger partial charge in [-0.3, -0.25) is 19.2 Å². The van der Waals surface area contributed by atoms with Crippen LogP contribution >= 0.6 is 0 Å². The van der Waals surface area contributed by atoms with Crippen molar-refractivity contribution in [2.75, 3.05) is 59.4 Å². The summed E-state index contributed by atoms with van der Waals surface area (Å²) in [6, 6.07) is 6.52. The molecule has 0 atom stereocenters. The summed E-state index contributed by atoms with van der Waals surface area (Å²) in [4.78, 5) is 54.7. The number of rotatable bonds is 15. The average molecular weight is 506 g/mol. The van der Waals surface area contributed by atoms with Crippen LogP contribution in [-0.4, -0.2) is 97.7 Å². The fourth-order valence-corrected chi connectivity index (χ4v) is 4.13. The molecule has 0 radical (unpaired) electrons. The summed E-state index contributed by atoms with van der Waals surface area (Å²) in [5.41, 5.74) is 0.576. The molecule has 0 bridgehead atoms. The zero-order valence-electron chi connectivity index (χ0n) is 21.7. The minimum Gasteiger partial charge on any atom is -0.358 e. The van der Waals surface area contributed by atoms with E-state index in [9.17, 15) is 23.6 Å². The normalized spacial score (nSPS) is 13.2. The average Bonchev–Trinajstić information content (AvgIpc) is 3.25. The molecule has 1 aliphatic heterocycles. The highest BCUT2D eigenvalue weighted by Crippen LogP contribution is 2.10. The number of nitrogens with one attached hydrogen (secondary N) is 2. The third kappa shape index (κ3) is 9.93. The smallest absolute Gasteiger partial charge is 0.242 e. The first-order valence-electron chi connectivity index (χ1n) is 12.7. The standard InChI is InChI=1S/C26H40FN5O4/c1-20(2)17-32(25(35)16-29-12-11-21-8-4-5-9-22(21)27)19-26(36)31(18-23(33)28-3)15-7-14-30-13-6-10-24(30)34/h4-5,8-9,20,29H,6-7,10-19H2,1-3H3,(H,28,33). The van der Waals surface area contributed by atoms with Gasteiger partial charge in [0.1, 0.15) is 5.82 Å². The number of carbonyl (C=O) groups is 4. The van der Waals surface area contributed by atoms with E-state index in [2.05, 4.69) is 10.6 Å². The Morgan fingerprint density at radius 1 is 1.11 bits per heavy atom. The summed E-state index contributed by atoms with van der Waals surface area (Å²) >= 11 is 0. The molecule has 2 N–H and O–H groups in total. The van der Waals surface area contributed by atoms with Crippen molar-refractivity contribution >= 4 is 23.6 Å². The van der Waals surface area contributed by atoms with Crippen molar-refractivity contribution in [3.63, 3.8) is 0 Å². The molecule has 4 amide bonds. The number of benzene rings is 1. The van der Waals surface area contributed by atoms with Crippen molar-refractivity contribution in [3.8, 4) is 0 Å². The molecule has 0 saturated carbocycles. The predicted molar refractivity (Wildman–Crippen MR) is 135 cm³/mol. The summed E-state index contributed by atoms with van der Waals surface area (Å²) in [7, 11) is 1.51. The van der Waals surface area contributed by atoms with E-state index < -0.39 is 0 Å². The Hall–Kier alpha value is -3.01. The van der Waals surface area contributed by atoms with Gasteiger partial charge < -0.3 is 25.3 Å². The maximum atomic E-state index is 13.8. The van der Waals surface area contributed by atoms with Gasteiger partial charge in [-0.25, -0.2) is 4.39 Å². The van der Waals surface area contributed by atoms with Crippen LogP contribution in [0.1, 0.15) is 38.7 Å². The third-order valence-corrected chi connectivity index (χ3v) is 6.06. The van der Waals surface area contributed by atoms with Crippen molar-refractivity contribution in [1.29, 1.82) is 0 Å². The minimum absolute atomic E-state index is 0.0287. The molecule has 1 aliphatic rings. The molecule has 2 rings (SSSR count). The Morgan fingerprint density at radius 2 is 1.86 bits per heavy atom. The van der Waals surface area contributed by atoms with Gasteiger partial charge in [-0.15, -0.1) is 0 Å². The Bertz CT molecular complexity index is 895. The van der Waals surface area contributed by atoms with E-state index in [1.54, 1.807) is 23.1 Å². The molecule has 10 heteroatoms. The number of halogens is 1. The second-order valence-corrected chi connectivity index (χ2v) is 9.51. The van der Waals surface area contributed by atoms with Gasteiger partial charge in [-0.1, -0.05) is 32.0 Å². The van der Waals surface area contributed by atoms with Crippen molar-refractivity contribution < 1.29 is 23.6 Å². The molecule has 36 heavy (non-hydrogen) atoms. The molecular weight excluding hydrogens is 465 g/mol. The van der Waals surface area contributed by atoms with Gasteiger partial charge >= 0.3 is 0 Å².